The topological polar surface area (TPSA) is 71.5 Å². The number of halogens is 4. The molecule has 182 valence electrons. The molecule has 0 aliphatic rings. The number of ether oxygens (including phenoxy) is 1. The van der Waals surface area contributed by atoms with Gasteiger partial charge in [-0.1, -0.05) is 48.0 Å². The molecule has 3 aromatic rings. The van der Waals surface area contributed by atoms with Crippen LogP contribution in [0.3, 0.4) is 0 Å². The summed E-state index contributed by atoms with van der Waals surface area (Å²) in [6.07, 6.45) is 1.30. The highest BCUT2D eigenvalue weighted by atomic mass is 35.5. The summed E-state index contributed by atoms with van der Waals surface area (Å²) >= 11 is 6.01. The molecule has 0 radical (unpaired) electrons. The predicted molar refractivity (Wildman–Crippen MR) is 129 cm³/mol. The van der Waals surface area contributed by atoms with Gasteiger partial charge >= 0.3 is 6.18 Å². The highest BCUT2D eigenvalue weighted by Gasteiger charge is 2.30. The molecule has 0 fully saturated rings. The zero-order chi connectivity index (χ0) is 25.4. The van der Waals surface area contributed by atoms with Gasteiger partial charge in [0.1, 0.15) is 5.75 Å². The molecule has 1 amide bonds. The minimum Gasteiger partial charge on any atom is -0.494 e. The van der Waals surface area contributed by atoms with Crippen LogP contribution in [0, 0.1) is 0 Å². The maximum atomic E-state index is 13.0. The summed E-state index contributed by atoms with van der Waals surface area (Å²) in [6.45, 7) is 2.02. The number of rotatable bonds is 8. The van der Waals surface area contributed by atoms with Gasteiger partial charge in [-0.15, -0.1) is 0 Å². The van der Waals surface area contributed by atoms with Crippen molar-refractivity contribution in [3.05, 3.63) is 106 Å². The van der Waals surface area contributed by atoms with Crippen molar-refractivity contribution in [3.63, 3.8) is 0 Å². The number of nitrogens with one attached hydrogen (secondary N) is 1. The van der Waals surface area contributed by atoms with E-state index in [0.717, 1.165) is 17.7 Å². The van der Waals surface area contributed by atoms with Crippen molar-refractivity contribution in [1.82, 2.24) is 4.98 Å². The highest BCUT2D eigenvalue weighted by molar-refractivity contribution is 6.32. The van der Waals surface area contributed by atoms with E-state index >= 15 is 0 Å². The van der Waals surface area contributed by atoms with Crippen LogP contribution in [0.15, 0.2) is 79.0 Å². The summed E-state index contributed by atoms with van der Waals surface area (Å²) in [4.78, 5) is 16.3. The number of benzene rings is 2. The van der Waals surface area contributed by atoms with Gasteiger partial charge in [-0.2, -0.15) is 13.2 Å². The second-order valence-electron chi connectivity index (χ2n) is 7.26. The molecule has 0 aliphatic heterocycles. The molecule has 5 nitrogen and oxygen atoms in total. The van der Waals surface area contributed by atoms with Crippen LogP contribution in [-0.4, -0.2) is 22.6 Å². The number of aliphatic hydroxyl groups excluding tert-OH is 1. The van der Waals surface area contributed by atoms with Crippen molar-refractivity contribution in [2.75, 3.05) is 11.9 Å². The van der Waals surface area contributed by atoms with Crippen LogP contribution in [0.25, 0.3) is 5.57 Å². The van der Waals surface area contributed by atoms with Crippen molar-refractivity contribution in [2.45, 2.75) is 19.7 Å². The number of carbonyl (C=O) groups excluding carboxylic acids is 1. The number of hydrogen-bond acceptors (Lipinski definition) is 4. The molecule has 9 heteroatoms. The Labute approximate surface area is 205 Å². The molecule has 0 aliphatic carbocycles. The summed E-state index contributed by atoms with van der Waals surface area (Å²) < 4.78 is 44.5. The molecule has 0 unspecified atom stereocenters. The minimum absolute atomic E-state index is 0.0358. The molecule has 0 atom stereocenters. The lowest BCUT2D eigenvalue weighted by Gasteiger charge is -2.12. The second kappa shape index (κ2) is 11.7. The number of nitrogens with zero attached hydrogens (tertiary/aromatic N) is 1. The quantitative estimate of drug-likeness (QED) is 0.216. The van der Waals surface area contributed by atoms with E-state index in [1.165, 1.54) is 36.5 Å². The van der Waals surface area contributed by atoms with E-state index in [2.05, 4.69) is 10.3 Å². The van der Waals surface area contributed by atoms with E-state index in [9.17, 15) is 23.1 Å². The van der Waals surface area contributed by atoms with Crippen molar-refractivity contribution >= 4 is 28.8 Å². The summed E-state index contributed by atoms with van der Waals surface area (Å²) in [5.41, 5.74) is 1.70. The number of alkyl halides is 3. The van der Waals surface area contributed by atoms with Crippen molar-refractivity contribution in [1.29, 1.82) is 0 Å². The average Bonchev–Trinajstić information content (AvgIpc) is 2.83. The van der Waals surface area contributed by atoms with Gasteiger partial charge < -0.3 is 15.2 Å². The normalized spacial score (nSPS) is 12.1. The number of anilines is 1. The fourth-order valence-electron chi connectivity index (χ4n) is 3.23. The zero-order valence-corrected chi connectivity index (χ0v) is 19.4. The summed E-state index contributed by atoms with van der Waals surface area (Å²) in [5, 5.41) is 12.0. The van der Waals surface area contributed by atoms with Crippen molar-refractivity contribution in [3.8, 4) is 5.75 Å². The number of aromatic nitrogens is 1. The monoisotopic (exact) mass is 502 g/mol. The number of pyridine rings is 1. The average molecular weight is 503 g/mol. The predicted octanol–water partition coefficient (Wildman–Crippen LogP) is 6.27. The fraction of sp³-hybridized carbons (Fsp3) is 0.154. The van der Waals surface area contributed by atoms with Crippen LogP contribution < -0.4 is 10.1 Å². The lowest BCUT2D eigenvalue weighted by atomic mass is 9.96. The van der Waals surface area contributed by atoms with Crippen molar-refractivity contribution in [2.24, 2.45) is 0 Å². The van der Waals surface area contributed by atoms with Crippen LogP contribution >= 0.6 is 11.6 Å². The molecule has 1 aromatic heterocycles. The molecule has 1 heterocycles. The van der Waals surface area contributed by atoms with Gasteiger partial charge in [-0.3, -0.25) is 4.79 Å². The minimum atomic E-state index is -4.44. The van der Waals surface area contributed by atoms with E-state index in [1.54, 1.807) is 30.3 Å². The Hall–Kier alpha value is -3.62. The first-order chi connectivity index (χ1) is 16.7. The Balaban J connectivity index is 1.90. The molecule has 0 bridgehead atoms. The Morgan fingerprint density at radius 3 is 2.29 bits per heavy atom. The molecular weight excluding hydrogens is 481 g/mol. The summed E-state index contributed by atoms with van der Waals surface area (Å²) in [5.74, 6) is 0.135. The highest BCUT2D eigenvalue weighted by Crippen LogP contribution is 2.32. The van der Waals surface area contributed by atoms with Gasteiger partial charge in [-0.25, -0.2) is 4.98 Å². The number of hydrogen-bond donors (Lipinski definition) is 2. The number of carbonyl (C=O) groups is 1. The smallest absolute Gasteiger partial charge is 0.416 e. The third-order valence-corrected chi connectivity index (χ3v) is 5.21. The lowest BCUT2D eigenvalue weighted by Crippen LogP contribution is -2.11. The van der Waals surface area contributed by atoms with Crippen LogP contribution in [0.5, 0.6) is 5.75 Å². The van der Waals surface area contributed by atoms with E-state index < -0.39 is 17.6 Å². The molecule has 0 saturated carbocycles. The van der Waals surface area contributed by atoms with Crippen molar-refractivity contribution < 1.29 is 27.8 Å². The third-order valence-electron chi connectivity index (χ3n) is 4.92. The maximum absolute atomic E-state index is 13.0. The largest absolute Gasteiger partial charge is 0.494 e. The van der Waals surface area contributed by atoms with E-state index in [0.29, 0.717) is 29.1 Å². The Morgan fingerprint density at radius 2 is 1.71 bits per heavy atom. The fourth-order valence-corrected chi connectivity index (χ4v) is 3.45. The molecule has 0 spiro atoms. The van der Waals surface area contributed by atoms with Crippen LogP contribution in [0.1, 0.15) is 29.2 Å². The first-order valence-electron chi connectivity index (χ1n) is 10.6. The van der Waals surface area contributed by atoms with Gasteiger partial charge in [0.05, 0.1) is 24.5 Å². The van der Waals surface area contributed by atoms with Gasteiger partial charge in [0.25, 0.3) is 0 Å². The molecule has 2 aromatic carbocycles. The van der Waals surface area contributed by atoms with Crippen LogP contribution in [0.2, 0.25) is 5.15 Å². The molecule has 0 saturated heterocycles. The third kappa shape index (κ3) is 6.94. The summed E-state index contributed by atoms with van der Waals surface area (Å²) in [6, 6.07) is 13.4. The number of amides is 1. The number of aliphatic hydroxyl groups is 1. The molecular formula is C26H22ClF3N2O3. The Bertz CT molecular complexity index is 1220. The molecule has 2 N–H and O–H groups in total. The molecule has 3 rings (SSSR count). The van der Waals surface area contributed by atoms with E-state index in [4.69, 9.17) is 16.3 Å². The Morgan fingerprint density at radius 1 is 1.09 bits per heavy atom. The van der Waals surface area contributed by atoms with Gasteiger partial charge in [0.15, 0.2) is 5.15 Å². The zero-order valence-electron chi connectivity index (χ0n) is 18.6. The SMILES string of the molecule is CCOc1ccc(/C(=C\C=C\C(=O)Nc2c(CO)ccnc2Cl)c2ccc(C(F)(F)F)cc2)cc1. The van der Waals surface area contributed by atoms with Gasteiger partial charge in [0, 0.05) is 17.8 Å². The summed E-state index contributed by atoms with van der Waals surface area (Å²) in [7, 11) is 0. The van der Waals surface area contributed by atoms with E-state index in [-0.39, 0.29) is 17.4 Å². The van der Waals surface area contributed by atoms with Crippen LogP contribution in [0.4, 0.5) is 18.9 Å². The Kier molecular flexibility index (Phi) is 8.68. The van der Waals surface area contributed by atoms with Gasteiger partial charge in [-0.05, 0) is 54.0 Å². The first-order valence-corrected chi connectivity index (χ1v) is 10.9. The van der Waals surface area contributed by atoms with Gasteiger partial charge in [0.2, 0.25) is 5.91 Å². The second-order valence-corrected chi connectivity index (χ2v) is 7.61. The van der Waals surface area contributed by atoms with E-state index in [1.807, 2.05) is 6.92 Å². The maximum Gasteiger partial charge on any atom is 0.416 e. The lowest BCUT2D eigenvalue weighted by molar-refractivity contribution is -0.137. The van der Waals surface area contributed by atoms with Crippen LogP contribution in [-0.2, 0) is 17.6 Å². The first kappa shape index (κ1) is 26.0. The standard InChI is InChI=1S/C26H22ClF3N2O3/c1-2-35-21-12-8-18(9-13-21)22(17-6-10-20(11-7-17)26(28,29)30)4-3-5-23(34)32-24-19(16-33)14-15-31-25(24)27/h3-15,33H,2,16H2,1H3,(H,32,34)/b5-3+,22-4-. The number of allylic oxidation sites excluding steroid dienone is 2. The molecule has 35 heavy (non-hydrogen) atoms.